The van der Waals surface area contributed by atoms with Gasteiger partial charge in [-0.25, -0.2) is 9.97 Å². The Bertz CT molecular complexity index is 617. The first-order valence-electron chi connectivity index (χ1n) is 5.86. The van der Waals surface area contributed by atoms with Gasteiger partial charge in [0, 0.05) is 23.6 Å². The van der Waals surface area contributed by atoms with Gasteiger partial charge in [-0.2, -0.15) is 13.2 Å². The van der Waals surface area contributed by atoms with E-state index in [1.54, 1.807) is 6.07 Å². The number of alkyl halides is 3. The SMILES string of the molecule is COCc1cc(N)nc(-c2ccc(SC(F)(F)F)cc2)n1. The second-order valence-electron chi connectivity index (χ2n) is 4.11. The molecule has 21 heavy (non-hydrogen) atoms. The summed E-state index contributed by atoms with van der Waals surface area (Å²) < 4.78 is 41.8. The van der Waals surface area contributed by atoms with Crippen molar-refractivity contribution in [3.63, 3.8) is 0 Å². The van der Waals surface area contributed by atoms with E-state index in [4.69, 9.17) is 10.5 Å². The van der Waals surface area contributed by atoms with Crippen LogP contribution in [-0.2, 0) is 11.3 Å². The van der Waals surface area contributed by atoms with Crippen molar-refractivity contribution >= 4 is 17.6 Å². The first-order chi connectivity index (χ1) is 9.87. The van der Waals surface area contributed by atoms with Gasteiger partial charge in [-0.15, -0.1) is 0 Å². The summed E-state index contributed by atoms with van der Waals surface area (Å²) in [4.78, 5) is 8.43. The second-order valence-corrected chi connectivity index (χ2v) is 5.25. The maximum atomic E-state index is 12.3. The first kappa shape index (κ1) is 15.6. The Balaban J connectivity index is 2.26. The predicted octanol–water partition coefficient (Wildman–Crippen LogP) is 3.48. The van der Waals surface area contributed by atoms with Crippen LogP contribution in [0.3, 0.4) is 0 Å². The van der Waals surface area contributed by atoms with Crippen LogP contribution in [0.1, 0.15) is 5.69 Å². The Hall–Kier alpha value is -1.80. The summed E-state index contributed by atoms with van der Waals surface area (Å²) in [5.74, 6) is 0.631. The second kappa shape index (κ2) is 6.31. The molecule has 4 nitrogen and oxygen atoms in total. The Morgan fingerprint density at radius 2 is 1.86 bits per heavy atom. The molecular formula is C13H12F3N3OS. The zero-order chi connectivity index (χ0) is 15.5. The van der Waals surface area contributed by atoms with Crippen molar-refractivity contribution < 1.29 is 17.9 Å². The van der Waals surface area contributed by atoms with Gasteiger partial charge in [0.1, 0.15) is 5.82 Å². The number of thioether (sulfide) groups is 1. The van der Waals surface area contributed by atoms with Crippen LogP contribution in [0, 0.1) is 0 Å². The van der Waals surface area contributed by atoms with Gasteiger partial charge in [-0.3, -0.25) is 0 Å². The smallest absolute Gasteiger partial charge is 0.384 e. The summed E-state index contributed by atoms with van der Waals surface area (Å²) in [7, 11) is 1.53. The molecule has 0 radical (unpaired) electrons. The highest BCUT2D eigenvalue weighted by atomic mass is 32.2. The lowest BCUT2D eigenvalue weighted by atomic mass is 10.2. The zero-order valence-corrected chi connectivity index (χ0v) is 11.8. The van der Waals surface area contributed by atoms with Crippen molar-refractivity contribution in [2.24, 2.45) is 0 Å². The van der Waals surface area contributed by atoms with E-state index in [2.05, 4.69) is 9.97 Å². The molecule has 2 rings (SSSR count). The summed E-state index contributed by atoms with van der Waals surface area (Å²) in [5, 5.41) is 0. The fourth-order valence-corrected chi connectivity index (χ4v) is 2.21. The molecule has 1 aromatic heterocycles. The van der Waals surface area contributed by atoms with Gasteiger partial charge in [0.05, 0.1) is 12.3 Å². The number of ether oxygens (including phenoxy) is 1. The van der Waals surface area contributed by atoms with Gasteiger partial charge in [0.15, 0.2) is 5.82 Å². The van der Waals surface area contributed by atoms with Crippen molar-refractivity contribution in [2.45, 2.75) is 17.0 Å². The molecule has 0 bridgehead atoms. The van der Waals surface area contributed by atoms with E-state index >= 15 is 0 Å². The minimum atomic E-state index is -4.30. The number of hydrogen-bond acceptors (Lipinski definition) is 5. The molecule has 0 atom stereocenters. The zero-order valence-electron chi connectivity index (χ0n) is 11.0. The molecule has 0 aliphatic heterocycles. The number of nitrogens with zero attached hydrogens (tertiary/aromatic N) is 2. The van der Waals surface area contributed by atoms with Crippen LogP contribution in [0.5, 0.6) is 0 Å². The maximum Gasteiger partial charge on any atom is 0.446 e. The van der Waals surface area contributed by atoms with E-state index in [1.807, 2.05) is 0 Å². The van der Waals surface area contributed by atoms with Crippen LogP contribution in [0.4, 0.5) is 19.0 Å². The first-order valence-corrected chi connectivity index (χ1v) is 6.67. The van der Waals surface area contributed by atoms with Gasteiger partial charge >= 0.3 is 5.51 Å². The van der Waals surface area contributed by atoms with Crippen molar-refractivity contribution in [1.82, 2.24) is 9.97 Å². The summed E-state index contributed by atoms with van der Waals surface area (Å²) in [6, 6.07) is 7.38. The standard InChI is InChI=1S/C13H12F3N3OS/c1-20-7-9-6-11(17)19-12(18-9)8-2-4-10(5-3-8)21-13(14,15)16/h2-6H,7H2,1H3,(H2,17,18,19). The van der Waals surface area contributed by atoms with Crippen molar-refractivity contribution in [2.75, 3.05) is 12.8 Å². The largest absolute Gasteiger partial charge is 0.446 e. The molecule has 8 heteroatoms. The molecule has 1 heterocycles. The molecule has 112 valence electrons. The number of methoxy groups -OCH3 is 1. The molecule has 2 aromatic rings. The molecule has 2 N–H and O–H groups in total. The molecule has 1 aromatic carbocycles. The normalized spacial score (nSPS) is 11.6. The van der Waals surface area contributed by atoms with Gasteiger partial charge < -0.3 is 10.5 Å². The monoisotopic (exact) mass is 315 g/mol. The van der Waals surface area contributed by atoms with Gasteiger partial charge in [-0.05, 0) is 23.9 Å². The van der Waals surface area contributed by atoms with Crippen molar-refractivity contribution in [3.05, 3.63) is 36.0 Å². The Morgan fingerprint density at radius 1 is 1.19 bits per heavy atom. The Morgan fingerprint density at radius 3 is 2.43 bits per heavy atom. The fraction of sp³-hybridized carbons (Fsp3) is 0.231. The predicted molar refractivity (Wildman–Crippen MR) is 74.5 cm³/mol. The van der Waals surface area contributed by atoms with Crippen LogP contribution >= 0.6 is 11.8 Å². The number of anilines is 1. The van der Waals surface area contributed by atoms with E-state index in [1.165, 1.54) is 31.4 Å². The van der Waals surface area contributed by atoms with Crippen LogP contribution in [0.2, 0.25) is 0 Å². The van der Waals surface area contributed by atoms with Gasteiger partial charge in [0.25, 0.3) is 0 Å². The quantitative estimate of drug-likeness (QED) is 0.875. The van der Waals surface area contributed by atoms with E-state index in [0.29, 0.717) is 17.1 Å². The molecule has 0 spiro atoms. The van der Waals surface area contributed by atoms with Crippen molar-refractivity contribution in [1.29, 1.82) is 0 Å². The molecule has 0 aliphatic carbocycles. The minimum absolute atomic E-state index is 0.104. The van der Waals surface area contributed by atoms with Gasteiger partial charge in [0.2, 0.25) is 0 Å². The molecule has 0 amide bonds. The number of hydrogen-bond donors (Lipinski definition) is 1. The third-order valence-corrected chi connectivity index (χ3v) is 3.18. The molecule has 0 unspecified atom stereocenters. The van der Waals surface area contributed by atoms with Gasteiger partial charge in [-0.1, -0.05) is 12.1 Å². The summed E-state index contributed by atoms with van der Waals surface area (Å²) >= 11 is -0.166. The molecular weight excluding hydrogens is 303 g/mol. The van der Waals surface area contributed by atoms with E-state index < -0.39 is 5.51 Å². The van der Waals surface area contributed by atoms with E-state index in [0.717, 1.165) is 0 Å². The Kier molecular flexibility index (Phi) is 4.69. The highest BCUT2D eigenvalue weighted by Crippen LogP contribution is 2.37. The summed E-state index contributed by atoms with van der Waals surface area (Å²) in [6.45, 7) is 0.279. The Labute approximate surface area is 123 Å². The van der Waals surface area contributed by atoms with Crippen LogP contribution < -0.4 is 5.73 Å². The lowest BCUT2D eigenvalue weighted by Gasteiger charge is -2.07. The number of aromatic nitrogens is 2. The minimum Gasteiger partial charge on any atom is -0.384 e. The average molecular weight is 315 g/mol. The fourth-order valence-electron chi connectivity index (χ4n) is 1.68. The van der Waals surface area contributed by atoms with Crippen LogP contribution in [0.25, 0.3) is 11.4 Å². The molecule has 0 fully saturated rings. The summed E-state index contributed by atoms with van der Waals surface area (Å²) in [6.07, 6.45) is 0. The van der Waals surface area contributed by atoms with Crippen LogP contribution in [-0.4, -0.2) is 22.6 Å². The molecule has 0 aliphatic rings. The highest BCUT2D eigenvalue weighted by molar-refractivity contribution is 8.00. The average Bonchev–Trinajstić information content (AvgIpc) is 2.37. The lowest BCUT2D eigenvalue weighted by molar-refractivity contribution is -0.0328. The number of halogens is 3. The molecule has 0 saturated carbocycles. The van der Waals surface area contributed by atoms with Crippen LogP contribution in [0.15, 0.2) is 35.2 Å². The van der Waals surface area contributed by atoms with Crippen molar-refractivity contribution in [3.8, 4) is 11.4 Å². The highest BCUT2D eigenvalue weighted by Gasteiger charge is 2.29. The maximum absolute atomic E-state index is 12.3. The number of nitrogen functional groups attached to an aromatic ring is 1. The number of benzene rings is 1. The third-order valence-electron chi connectivity index (χ3n) is 2.44. The van der Waals surface area contributed by atoms with E-state index in [9.17, 15) is 13.2 Å². The lowest BCUT2D eigenvalue weighted by Crippen LogP contribution is -2.01. The number of nitrogens with two attached hydrogens (primary N) is 1. The third kappa shape index (κ3) is 4.61. The van der Waals surface area contributed by atoms with E-state index in [-0.39, 0.29) is 29.1 Å². The molecule has 0 saturated heterocycles. The summed E-state index contributed by atoms with van der Waals surface area (Å²) in [5.41, 5.74) is 2.57. The number of rotatable bonds is 4. The topological polar surface area (TPSA) is 61.0 Å².